The maximum atomic E-state index is 13.1. The molecule has 0 unspecified atom stereocenters. The Balaban J connectivity index is 1.76. The van der Waals surface area contributed by atoms with Crippen molar-refractivity contribution >= 4 is 16.9 Å². The van der Waals surface area contributed by atoms with Crippen molar-refractivity contribution in [3.8, 4) is 11.4 Å². The second-order valence-corrected chi connectivity index (χ2v) is 9.38. The van der Waals surface area contributed by atoms with E-state index in [9.17, 15) is 18.0 Å². The van der Waals surface area contributed by atoms with Crippen LogP contribution in [0, 0.1) is 12.3 Å². The van der Waals surface area contributed by atoms with Gasteiger partial charge in [0, 0.05) is 23.6 Å². The van der Waals surface area contributed by atoms with Crippen molar-refractivity contribution in [2.45, 2.75) is 58.7 Å². The first-order valence-corrected chi connectivity index (χ1v) is 10.5. The normalized spacial score (nSPS) is 23.5. The van der Waals surface area contributed by atoms with E-state index >= 15 is 0 Å². The van der Waals surface area contributed by atoms with E-state index < -0.39 is 29.0 Å². The lowest BCUT2D eigenvalue weighted by Crippen LogP contribution is -2.62. The second kappa shape index (κ2) is 7.28. The molecule has 1 fully saturated rings. The summed E-state index contributed by atoms with van der Waals surface area (Å²) in [4.78, 5) is 21.0. The Morgan fingerprint density at radius 1 is 1.22 bits per heavy atom. The molecule has 2 atom stereocenters. The molecule has 9 heteroatoms. The van der Waals surface area contributed by atoms with Crippen LogP contribution in [0.5, 0.6) is 0 Å². The van der Waals surface area contributed by atoms with Crippen LogP contribution in [-0.2, 0) is 10.2 Å². The summed E-state index contributed by atoms with van der Waals surface area (Å²) in [6, 6.07) is 5.27. The van der Waals surface area contributed by atoms with E-state index in [1.54, 1.807) is 19.3 Å². The molecule has 4 rings (SSSR count). The third-order valence-electron chi connectivity index (χ3n) is 7.57. The van der Waals surface area contributed by atoms with Crippen LogP contribution < -0.4 is 0 Å². The summed E-state index contributed by atoms with van der Waals surface area (Å²) in [7, 11) is 0. The van der Waals surface area contributed by atoms with Gasteiger partial charge in [0.15, 0.2) is 0 Å². The minimum absolute atomic E-state index is 0.0470. The molecule has 0 aliphatic carbocycles. The number of imidazole rings is 1. The van der Waals surface area contributed by atoms with Crippen LogP contribution in [0.15, 0.2) is 30.6 Å². The number of nitrogens with zero attached hydrogens (tertiary/aromatic N) is 4. The molecule has 3 aromatic rings. The molecule has 1 aliphatic rings. The lowest BCUT2D eigenvalue weighted by Gasteiger charge is -2.56. The lowest BCUT2D eigenvalue weighted by molar-refractivity contribution is -0.194. The first-order chi connectivity index (χ1) is 14.9. The number of halogens is 3. The molecule has 0 saturated carbocycles. The van der Waals surface area contributed by atoms with Crippen LogP contribution >= 0.6 is 0 Å². The molecule has 1 aliphatic heterocycles. The number of aromatic amines is 1. The fraction of sp³-hybridized carbons (Fsp3) is 0.478. The first kappa shape index (κ1) is 22.2. The Bertz CT molecular complexity index is 1170. The molecule has 1 saturated heterocycles. The topological polar surface area (TPSA) is 74.8 Å². The predicted molar refractivity (Wildman–Crippen MR) is 115 cm³/mol. The highest BCUT2D eigenvalue weighted by Gasteiger charge is 2.55. The zero-order valence-corrected chi connectivity index (χ0v) is 18.7. The maximum Gasteiger partial charge on any atom is 0.471 e. The van der Waals surface area contributed by atoms with Gasteiger partial charge in [-0.2, -0.15) is 23.4 Å². The van der Waals surface area contributed by atoms with Crippen molar-refractivity contribution in [1.29, 1.82) is 0 Å². The summed E-state index contributed by atoms with van der Waals surface area (Å²) in [5.74, 6) is -1.09. The number of aryl methyl sites for hydroxylation is 1. The fourth-order valence-electron chi connectivity index (χ4n) is 4.96. The van der Waals surface area contributed by atoms with E-state index in [0.29, 0.717) is 12.2 Å². The summed E-state index contributed by atoms with van der Waals surface area (Å²) >= 11 is 0. The van der Waals surface area contributed by atoms with E-state index in [2.05, 4.69) is 22.1 Å². The molecule has 1 N–H and O–H groups in total. The van der Waals surface area contributed by atoms with E-state index in [0.717, 1.165) is 32.6 Å². The molecule has 2 aromatic heterocycles. The molecule has 1 aromatic carbocycles. The highest BCUT2D eigenvalue weighted by Crippen LogP contribution is 2.52. The molecule has 0 spiro atoms. The summed E-state index contributed by atoms with van der Waals surface area (Å²) < 4.78 is 39.4. The first-order valence-electron chi connectivity index (χ1n) is 10.5. The quantitative estimate of drug-likeness (QED) is 0.615. The van der Waals surface area contributed by atoms with Crippen LogP contribution in [0.2, 0.25) is 0 Å². The number of nitrogens with one attached hydrogen (secondary N) is 1. The van der Waals surface area contributed by atoms with Crippen LogP contribution in [0.1, 0.15) is 45.2 Å². The van der Waals surface area contributed by atoms with E-state index in [4.69, 9.17) is 4.98 Å². The Morgan fingerprint density at radius 3 is 2.56 bits per heavy atom. The number of carbonyl (C=O) groups excluding carboxylic acids is 1. The zero-order chi connectivity index (χ0) is 23.5. The molecule has 170 valence electrons. The Kier molecular flexibility index (Phi) is 5.06. The molecule has 3 heterocycles. The van der Waals surface area contributed by atoms with Crippen LogP contribution in [0.4, 0.5) is 13.2 Å². The summed E-state index contributed by atoms with van der Waals surface area (Å²) in [6.45, 7) is 9.71. The summed E-state index contributed by atoms with van der Waals surface area (Å²) in [6.07, 6.45) is -1.23. The standard InChI is InChI=1S/C23H26F3N5O/c1-13-10-17-18(30-19(29-17)15-6-8-27-28-12-15)11-16(13)22(5)7-9-31(14(2)21(22,3)4)20(32)23(24,25)26/h6,8,10-12,14H,7,9H2,1-5H3,(H,29,30)/t14-,22+/m1/s1. The fourth-order valence-corrected chi connectivity index (χ4v) is 4.96. The van der Waals surface area contributed by atoms with Gasteiger partial charge < -0.3 is 9.88 Å². The molecule has 1 amide bonds. The Labute approximate surface area is 184 Å². The second-order valence-electron chi connectivity index (χ2n) is 9.38. The van der Waals surface area contributed by atoms with Gasteiger partial charge in [-0.1, -0.05) is 20.8 Å². The lowest BCUT2D eigenvalue weighted by atomic mass is 9.55. The number of alkyl halides is 3. The minimum Gasteiger partial charge on any atom is -0.338 e. The number of fused-ring (bicyclic) bond motifs is 1. The Hall–Kier alpha value is -2.97. The monoisotopic (exact) mass is 445 g/mol. The number of likely N-dealkylation sites (tertiary alicyclic amines) is 1. The number of carbonyl (C=O) groups is 1. The number of hydrogen-bond acceptors (Lipinski definition) is 4. The zero-order valence-electron chi connectivity index (χ0n) is 18.7. The number of piperidine rings is 1. The number of benzene rings is 1. The van der Waals surface area contributed by atoms with E-state index in [1.165, 1.54) is 0 Å². The van der Waals surface area contributed by atoms with Gasteiger partial charge in [-0.05, 0) is 55.0 Å². The Morgan fingerprint density at radius 2 is 1.94 bits per heavy atom. The molecule has 0 radical (unpaired) electrons. The number of rotatable bonds is 2. The van der Waals surface area contributed by atoms with Crippen LogP contribution in [0.3, 0.4) is 0 Å². The van der Waals surface area contributed by atoms with E-state index in [1.807, 2.05) is 39.0 Å². The molecule has 6 nitrogen and oxygen atoms in total. The highest BCUT2D eigenvalue weighted by molar-refractivity contribution is 5.83. The smallest absolute Gasteiger partial charge is 0.338 e. The number of H-pyrrole nitrogens is 1. The third kappa shape index (κ3) is 3.34. The van der Waals surface area contributed by atoms with Gasteiger partial charge in [0.25, 0.3) is 0 Å². The maximum absolute atomic E-state index is 13.1. The summed E-state index contributed by atoms with van der Waals surface area (Å²) in [5, 5.41) is 7.68. The van der Waals surface area contributed by atoms with Gasteiger partial charge in [0.2, 0.25) is 0 Å². The SMILES string of the molecule is Cc1cc2[nH]c(-c3ccnnc3)nc2cc1[C@]1(C)CCN(C(=O)C(F)(F)F)[C@H](C)C1(C)C. The largest absolute Gasteiger partial charge is 0.471 e. The molecular weight excluding hydrogens is 419 g/mol. The van der Waals surface area contributed by atoms with Crippen LogP contribution in [0.25, 0.3) is 22.4 Å². The van der Waals surface area contributed by atoms with E-state index in [-0.39, 0.29) is 6.54 Å². The molecule has 32 heavy (non-hydrogen) atoms. The average Bonchev–Trinajstić information content (AvgIpc) is 3.14. The average molecular weight is 445 g/mol. The van der Waals surface area contributed by atoms with Gasteiger partial charge in [0.05, 0.1) is 23.4 Å². The van der Waals surface area contributed by atoms with Crippen molar-refractivity contribution in [2.24, 2.45) is 5.41 Å². The van der Waals surface area contributed by atoms with Gasteiger partial charge in [0.1, 0.15) is 5.82 Å². The number of hydrogen-bond donors (Lipinski definition) is 1. The van der Waals surface area contributed by atoms with Crippen molar-refractivity contribution in [2.75, 3.05) is 6.54 Å². The van der Waals surface area contributed by atoms with Gasteiger partial charge in [-0.3, -0.25) is 4.79 Å². The molecule has 0 bridgehead atoms. The van der Waals surface area contributed by atoms with Crippen molar-refractivity contribution in [3.05, 3.63) is 41.7 Å². The van der Waals surface area contributed by atoms with Gasteiger partial charge >= 0.3 is 12.1 Å². The van der Waals surface area contributed by atoms with Crippen LogP contribution in [-0.4, -0.2) is 49.7 Å². The minimum atomic E-state index is -4.87. The van der Waals surface area contributed by atoms with Gasteiger partial charge in [-0.25, -0.2) is 4.98 Å². The predicted octanol–water partition coefficient (Wildman–Crippen LogP) is 4.80. The van der Waals surface area contributed by atoms with Crippen molar-refractivity contribution in [3.63, 3.8) is 0 Å². The van der Waals surface area contributed by atoms with Gasteiger partial charge in [-0.15, -0.1) is 0 Å². The number of aromatic nitrogens is 4. The number of amides is 1. The third-order valence-corrected chi connectivity index (χ3v) is 7.57. The molecular formula is C23H26F3N5O. The highest BCUT2D eigenvalue weighted by atomic mass is 19.4. The van der Waals surface area contributed by atoms with Crippen molar-refractivity contribution in [1.82, 2.24) is 25.1 Å². The van der Waals surface area contributed by atoms with Crippen molar-refractivity contribution < 1.29 is 18.0 Å². The summed E-state index contributed by atoms with van der Waals surface area (Å²) in [5.41, 5.74) is 3.46.